The van der Waals surface area contributed by atoms with E-state index in [9.17, 15) is 14.7 Å². The Morgan fingerprint density at radius 3 is 2.52 bits per heavy atom. The van der Waals surface area contributed by atoms with Crippen LogP contribution in [0.25, 0.3) is 28.0 Å². The second kappa shape index (κ2) is 11.0. The van der Waals surface area contributed by atoms with E-state index in [-0.39, 0.29) is 34.7 Å². The van der Waals surface area contributed by atoms with E-state index in [1.807, 2.05) is 32.6 Å². The summed E-state index contributed by atoms with van der Waals surface area (Å²) in [6.07, 6.45) is 2.90. The molecule has 0 aliphatic carbocycles. The lowest BCUT2D eigenvalue weighted by Gasteiger charge is -2.40. The Labute approximate surface area is 241 Å². The number of benzene rings is 1. The molecule has 1 aromatic carbocycles. The van der Waals surface area contributed by atoms with Crippen molar-refractivity contribution in [3.63, 3.8) is 0 Å². The molecule has 0 saturated carbocycles. The van der Waals surface area contributed by atoms with Crippen LogP contribution in [0, 0.1) is 25.5 Å². The summed E-state index contributed by atoms with van der Waals surface area (Å²) in [4.78, 5) is 43.1. The van der Waals surface area contributed by atoms with Gasteiger partial charge in [-0.2, -0.15) is 4.98 Å². The Hall–Kier alpha value is -4.67. The van der Waals surface area contributed by atoms with E-state index < -0.39 is 34.3 Å². The number of rotatable bonds is 5. The van der Waals surface area contributed by atoms with Crippen molar-refractivity contribution < 1.29 is 18.7 Å². The molecule has 1 aliphatic heterocycles. The number of carbonyl (C=O) groups excluding carboxylic acids is 1. The topological polar surface area (TPSA) is 104 Å². The lowest BCUT2D eigenvalue weighted by molar-refractivity contribution is -0.126. The number of halogens is 2. The molecule has 9 nitrogen and oxygen atoms in total. The van der Waals surface area contributed by atoms with Crippen LogP contribution in [-0.4, -0.2) is 61.1 Å². The summed E-state index contributed by atoms with van der Waals surface area (Å²) >= 11 is 0. The van der Waals surface area contributed by atoms with Gasteiger partial charge < -0.3 is 14.9 Å². The van der Waals surface area contributed by atoms with Crippen LogP contribution in [0.1, 0.15) is 43.5 Å². The smallest absolute Gasteiger partial charge is 0.355 e. The maximum Gasteiger partial charge on any atom is 0.355 e. The van der Waals surface area contributed by atoms with E-state index in [4.69, 9.17) is 0 Å². The minimum absolute atomic E-state index is 0.0376. The van der Waals surface area contributed by atoms with E-state index in [1.165, 1.54) is 28.8 Å². The Balaban J connectivity index is 1.84. The van der Waals surface area contributed by atoms with Crippen LogP contribution in [0.4, 0.5) is 14.6 Å². The quantitative estimate of drug-likeness (QED) is 0.342. The van der Waals surface area contributed by atoms with Crippen molar-refractivity contribution in [2.45, 2.75) is 46.6 Å². The first-order valence-corrected chi connectivity index (χ1v) is 13.7. The van der Waals surface area contributed by atoms with E-state index in [0.29, 0.717) is 42.1 Å². The van der Waals surface area contributed by atoms with Gasteiger partial charge in [0.05, 0.1) is 22.3 Å². The SMILES string of the molecule is C=CC(=O)N1CCN(c2nc(=O)n(-c3c(C)ccnc3C(C)C)c3nc(-c4c(O)cc(C)cc4F)c(F)cc23)[C@@H](C)C1. The van der Waals surface area contributed by atoms with Gasteiger partial charge in [-0.1, -0.05) is 20.4 Å². The summed E-state index contributed by atoms with van der Waals surface area (Å²) in [6, 6.07) is 5.15. The molecule has 1 amide bonds. The molecule has 4 heterocycles. The number of aromatic nitrogens is 4. The van der Waals surface area contributed by atoms with Crippen molar-refractivity contribution in [1.82, 2.24) is 24.4 Å². The Morgan fingerprint density at radius 1 is 1.14 bits per heavy atom. The van der Waals surface area contributed by atoms with Crippen LogP contribution in [0.2, 0.25) is 0 Å². The molecule has 1 saturated heterocycles. The Kier molecular flexibility index (Phi) is 7.53. The number of hydrogen-bond acceptors (Lipinski definition) is 7. The predicted molar refractivity (Wildman–Crippen MR) is 157 cm³/mol. The number of fused-ring (bicyclic) bond motifs is 1. The van der Waals surface area contributed by atoms with Crippen molar-refractivity contribution in [2.24, 2.45) is 0 Å². The molecule has 218 valence electrons. The lowest BCUT2D eigenvalue weighted by atomic mass is 10.0. The highest BCUT2D eigenvalue weighted by Crippen LogP contribution is 2.37. The number of carbonyl (C=O) groups is 1. The first-order chi connectivity index (χ1) is 19.9. The third-order valence-corrected chi connectivity index (χ3v) is 7.56. The molecule has 4 aromatic rings. The highest BCUT2D eigenvalue weighted by molar-refractivity contribution is 5.91. The molecule has 3 aromatic heterocycles. The predicted octanol–water partition coefficient (Wildman–Crippen LogP) is 4.79. The fourth-order valence-electron chi connectivity index (χ4n) is 5.55. The summed E-state index contributed by atoms with van der Waals surface area (Å²) < 4.78 is 32.3. The molecule has 11 heteroatoms. The van der Waals surface area contributed by atoms with Gasteiger partial charge in [0.15, 0.2) is 11.5 Å². The van der Waals surface area contributed by atoms with Crippen molar-refractivity contribution in [3.8, 4) is 22.7 Å². The van der Waals surface area contributed by atoms with Gasteiger partial charge >= 0.3 is 5.69 Å². The molecule has 1 fully saturated rings. The zero-order chi connectivity index (χ0) is 30.5. The first-order valence-electron chi connectivity index (χ1n) is 13.7. The number of aromatic hydroxyl groups is 1. The molecule has 0 spiro atoms. The number of phenols is 1. The number of phenolic OH excluding ortho intramolecular Hbond substituents is 1. The van der Waals surface area contributed by atoms with E-state index in [2.05, 4.69) is 21.5 Å². The molecule has 1 N–H and O–H groups in total. The maximum absolute atomic E-state index is 15.9. The van der Waals surface area contributed by atoms with Gasteiger partial charge in [0.1, 0.15) is 23.1 Å². The fourth-order valence-corrected chi connectivity index (χ4v) is 5.55. The fraction of sp³-hybridized carbons (Fsp3) is 0.323. The monoisotopic (exact) mass is 574 g/mol. The number of piperazine rings is 1. The molecular formula is C31H32F2N6O3. The van der Waals surface area contributed by atoms with Gasteiger partial charge in [-0.3, -0.25) is 9.78 Å². The molecule has 1 aliphatic rings. The number of nitrogens with zero attached hydrogens (tertiary/aromatic N) is 6. The van der Waals surface area contributed by atoms with E-state index in [0.717, 1.165) is 0 Å². The van der Waals surface area contributed by atoms with Crippen LogP contribution in [0.15, 0.2) is 47.9 Å². The minimum atomic E-state index is -0.895. The second-order valence-corrected chi connectivity index (χ2v) is 10.9. The molecule has 0 unspecified atom stereocenters. The van der Waals surface area contributed by atoms with Crippen molar-refractivity contribution in [3.05, 3.63) is 82.1 Å². The molecule has 0 bridgehead atoms. The van der Waals surface area contributed by atoms with Crippen LogP contribution in [-0.2, 0) is 4.79 Å². The highest BCUT2D eigenvalue weighted by atomic mass is 19.1. The van der Waals surface area contributed by atoms with Gasteiger partial charge in [-0.05, 0) is 68.2 Å². The average Bonchev–Trinajstić information content (AvgIpc) is 2.92. The van der Waals surface area contributed by atoms with Gasteiger partial charge in [0, 0.05) is 31.9 Å². The third-order valence-electron chi connectivity index (χ3n) is 7.56. The molecule has 42 heavy (non-hydrogen) atoms. The van der Waals surface area contributed by atoms with E-state index in [1.54, 1.807) is 24.1 Å². The van der Waals surface area contributed by atoms with Crippen molar-refractivity contribution in [1.29, 1.82) is 0 Å². The van der Waals surface area contributed by atoms with Gasteiger partial charge in [0.25, 0.3) is 0 Å². The Morgan fingerprint density at radius 2 is 1.88 bits per heavy atom. The molecule has 5 rings (SSSR count). The third kappa shape index (κ3) is 4.88. The standard InChI is InChI=1S/C31H32F2N6O3/c1-7-24(41)37-10-11-38(19(6)15-37)29-20-14-22(33)27(25-21(32)12-17(4)13-23(25)40)35-30(20)39(31(42)36-29)28-18(5)8-9-34-26(28)16(2)3/h7-9,12-14,16,19,40H,1,10-11,15H2,2-6H3/t19-/m0/s1. The summed E-state index contributed by atoms with van der Waals surface area (Å²) in [5.41, 5.74) is 0.743. The zero-order valence-electron chi connectivity index (χ0n) is 24.2. The van der Waals surface area contributed by atoms with Crippen molar-refractivity contribution in [2.75, 3.05) is 24.5 Å². The minimum Gasteiger partial charge on any atom is -0.507 e. The number of anilines is 1. The molecule has 0 radical (unpaired) electrons. The highest BCUT2D eigenvalue weighted by Gasteiger charge is 2.31. The largest absolute Gasteiger partial charge is 0.507 e. The van der Waals surface area contributed by atoms with Crippen LogP contribution in [0.5, 0.6) is 5.75 Å². The Bertz CT molecular complexity index is 1780. The second-order valence-electron chi connectivity index (χ2n) is 10.9. The van der Waals surface area contributed by atoms with Gasteiger partial charge in [-0.15, -0.1) is 0 Å². The number of hydrogen-bond donors (Lipinski definition) is 1. The zero-order valence-corrected chi connectivity index (χ0v) is 24.2. The van der Waals surface area contributed by atoms with Crippen molar-refractivity contribution >= 4 is 22.8 Å². The summed E-state index contributed by atoms with van der Waals surface area (Å²) in [6.45, 7) is 13.7. The van der Waals surface area contributed by atoms with Gasteiger partial charge in [-0.25, -0.2) is 23.1 Å². The molecular weight excluding hydrogens is 542 g/mol. The maximum atomic E-state index is 15.9. The van der Waals surface area contributed by atoms with Crippen LogP contribution in [0.3, 0.4) is 0 Å². The summed E-state index contributed by atoms with van der Waals surface area (Å²) in [5, 5.41) is 10.8. The first kappa shape index (κ1) is 28.8. The number of pyridine rings is 2. The normalized spacial score (nSPS) is 15.5. The summed E-state index contributed by atoms with van der Waals surface area (Å²) in [7, 11) is 0. The molecule has 1 atom stereocenters. The summed E-state index contributed by atoms with van der Waals surface area (Å²) in [5.74, 6) is -2.31. The van der Waals surface area contributed by atoms with Gasteiger partial charge in [0.2, 0.25) is 5.91 Å². The van der Waals surface area contributed by atoms with Crippen LogP contribution >= 0.6 is 0 Å². The number of aryl methyl sites for hydroxylation is 2. The lowest BCUT2D eigenvalue weighted by Crippen LogP contribution is -2.54. The number of amides is 1. The van der Waals surface area contributed by atoms with Crippen LogP contribution < -0.4 is 10.6 Å². The average molecular weight is 575 g/mol. The van der Waals surface area contributed by atoms with E-state index >= 15 is 8.78 Å².